The third kappa shape index (κ3) is 1.40. The predicted octanol–water partition coefficient (Wildman–Crippen LogP) is 2.34. The summed E-state index contributed by atoms with van der Waals surface area (Å²) in [6.45, 7) is 2.14. The van der Waals surface area contributed by atoms with Crippen molar-refractivity contribution in [3.63, 3.8) is 0 Å². The molecule has 1 unspecified atom stereocenters. The highest BCUT2D eigenvalue weighted by atomic mass is 16.5. The predicted molar refractivity (Wildman–Crippen MR) is 58.2 cm³/mol. The third-order valence-electron chi connectivity index (χ3n) is 3.41. The molecule has 0 aromatic heterocycles. The van der Waals surface area contributed by atoms with Gasteiger partial charge in [0.15, 0.2) is 0 Å². The van der Waals surface area contributed by atoms with E-state index in [0.717, 1.165) is 5.69 Å². The van der Waals surface area contributed by atoms with E-state index in [9.17, 15) is 0 Å². The lowest BCUT2D eigenvalue weighted by Gasteiger charge is -2.22. The summed E-state index contributed by atoms with van der Waals surface area (Å²) in [5, 5.41) is 0. The van der Waals surface area contributed by atoms with Crippen molar-refractivity contribution in [1.29, 1.82) is 0 Å². The van der Waals surface area contributed by atoms with Crippen molar-refractivity contribution in [2.75, 3.05) is 12.8 Å². The van der Waals surface area contributed by atoms with Crippen molar-refractivity contribution >= 4 is 5.69 Å². The van der Waals surface area contributed by atoms with Gasteiger partial charge in [0.2, 0.25) is 0 Å². The van der Waals surface area contributed by atoms with Gasteiger partial charge < -0.3 is 10.5 Å². The summed E-state index contributed by atoms with van der Waals surface area (Å²) in [7, 11) is 1.78. The highest BCUT2D eigenvalue weighted by Gasteiger charge is 2.49. The molecule has 1 aliphatic carbocycles. The third-order valence-corrected chi connectivity index (χ3v) is 3.41. The normalized spacial score (nSPS) is 20.4. The average molecular weight is 191 g/mol. The van der Waals surface area contributed by atoms with Crippen LogP contribution < -0.4 is 5.73 Å². The van der Waals surface area contributed by atoms with Crippen molar-refractivity contribution in [2.45, 2.75) is 31.3 Å². The van der Waals surface area contributed by atoms with Crippen LogP contribution in [-0.4, -0.2) is 13.2 Å². The number of benzene rings is 1. The first-order chi connectivity index (χ1) is 6.69. The molecule has 1 atom stereocenters. The van der Waals surface area contributed by atoms with Crippen molar-refractivity contribution in [3.8, 4) is 0 Å². The number of hydrogen-bond donors (Lipinski definition) is 1. The molecule has 2 heteroatoms. The molecule has 0 aliphatic heterocycles. The minimum Gasteiger partial charge on any atom is -0.399 e. The van der Waals surface area contributed by atoms with Crippen LogP contribution in [0, 0.1) is 0 Å². The van der Waals surface area contributed by atoms with Crippen LogP contribution in [-0.2, 0) is 10.2 Å². The second-order valence-corrected chi connectivity index (χ2v) is 4.16. The average Bonchev–Trinajstić information content (AvgIpc) is 2.99. The second-order valence-electron chi connectivity index (χ2n) is 4.16. The van der Waals surface area contributed by atoms with Crippen molar-refractivity contribution < 1.29 is 4.74 Å². The van der Waals surface area contributed by atoms with Crippen LogP contribution in [0.4, 0.5) is 5.69 Å². The molecule has 0 bridgehead atoms. The Balaban J connectivity index is 2.26. The van der Waals surface area contributed by atoms with E-state index >= 15 is 0 Å². The van der Waals surface area contributed by atoms with Crippen LogP contribution in [0.3, 0.4) is 0 Å². The van der Waals surface area contributed by atoms with Crippen LogP contribution in [0.5, 0.6) is 0 Å². The Hall–Kier alpha value is -1.02. The number of hydrogen-bond acceptors (Lipinski definition) is 2. The molecule has 1 aliphatic rings. The topological polar surface area (TPSA) is 35.2 Å². The summed E-state index contributed by atoms with van der Waals surface area (Å²) in [6.07, 6.45) is 2.75. The van der Waals surface area contributed by atoms with E-state index < -0.39 is 0 Å². The number of nitrogen functional groups attached to an aromatic ring is 1. The Morgan fingerprint density at radius 1 is 1.29 bits per heavy atom. The molecule has 0 saturated heterocycles. The van der Waals surface area contributed by atoms with Crippen molar-refractivity contribution in [1.82, 2.24) is 0 Å². The minimum absolute atomic E-state index is 0.266. The molecular weight excluding hydrogens is 174 g/mol. The number of ether oxygens (including phenoxy) is 1. The van der Waals surface area contributed by atoms with Crippen LogP contribution in [0.2, 0.25) is 0 Å². The van der Waals surface area contributed by atoms with E-state index in [0.29, 0.717) is 6.10 Å². The van der Waals surface area contributed by atoms with Crippen molar-refractivity contribution in [2.24, 2.45) is 0 Å². The molecule has 14 heavy (non-hydrogen) atoms. The standard InChI is InChI=1S/C12H17NO/c1-9(14-2)12(7-8-12)10-3-5-11(13)6-4-10/h3-6,9H,7-8,13H2,1-2H3. The summed E-state index contributed by atoms with van der Waals surface area (Å²) in [6, 6.07) is 8.19. The number of nitrogens with two attached hydrogens (primary N) is 1. The van der Waals surface area contributed by atoms with Gasteiger partial charge in [-0.25, -0.2) is 0 Å². The first kappa shape index (κ1) is 9.53. The fraction of sp³-hybridized carbons (Fsp3) is 0.500. The Kier molecular flexibility index (Phi) is 2.23. The molecule has 76 valence electrons. The van der Waals surface area contributed by atoms with Crippen LogP contribution in [0.15, 0.2) is 24.3 Å². The fourth-order valence-electron chi connectivity index (χ4n) is 2.11. The Morgan fingerprint density at radius 2 is 1.86 bits per heavy atom. The highest BCUT2D eigenvalue weighted by Crippen LogP contribution is 2.51. The monoisotopic (exact) mass is 191 g/mol. The van der Waals surface area contributed by atoms with Gasteiger partial charge in [0.25, 0.3) is 0 Å². The summed E-state index contributed by atoms with van der Waals surface area (Å²) in [5.41, 5.74) is 8.12. The summed E-state index contributed by atoms with van der Waals surface area (Å²) in [5.74, 6) is 0. The Bertz CT molecular complexity index is 314. The molecule has 1 aromatic carbocycles. The lowest BCUT2D eigenvalue weighted by molar-refractivity contribution is 0.0850. The quantitative estimate of drug-likeness (QED) is 0.744. The van der Waals surface area contributed by atoms with E-state index in [4.69, 9.17) is 10.5 Å². The highest BCUT2D eigenvalue weighted by molar-refractivity contribution is 5.43. The van der Waals surface area contributed by atoms with E-state index in [1.54, 1.807) is 7.11 Å². The zero-order chi connectivity index (χ0) is 10.2. The Labute approximate surface area is 85.1 Å². The smallest absolute Gasteiger partial charge is 0.0639 e. The molecule has 2 nitrogen and oxygen atoms in total. The van der Waals surface area contributed by atoms with Gasteiger partial charge in [-0.15, -0.1) is 0 Å². The number of anilines is 1. The van der Waals surface area contributed by atoms with Crippen LogP contribution in [0.1, 0.15) is 25.3 Å². The number of methoxy groups -OCH3 is 1. The minimum atomic E-state index is 0.266. The molecule has 1 fully saturated rings. The molecule has 0 spiro atoms. The SMILES string of the molecule is COC(C)C1(c2ccc(N)cc2)CC1. The Morgan fingerprint density at radius 3 is 2.29 bits per heavy atom. The van der Waals surface area contributed by atoms with E-state index in [-0.39, 0.29) is 5.41 Å². The molecule has 2 rings (SSSR count). The molecule has 2 N–H and O–H groups in total. The van der Waals surface area contributed by atoms with Gasteiger partial charge in [-0.1, -0.05) is 12.1 Å². The van der Waals surface area contributed by atoms with E-state index in [2.05, 4.69) is 19.1 Å². The van der Waals surface area contributed by atoms with Gasteiger partial charge in [0.1, 0.15) is 0 Å². The summed E-state index contributed by atoms with van der Waals surface area (Å²) < 4.78 is 5.43. The maximum absolute atomic E-state index is 5.67. The van der Waals surface area contributed by atoms with Crippen molar-refractivity contribution in [3.05, 3.63) is 29.8 Å². The first-order valence-corrected chi connectivity index (χ1v) is 5.08. The fourth-order valence-corrected chi connectivity index (χ4v) is 2.11. The van der Waals surface area contributed by atoms with Gasteiger partial charge >= 0.3 is 0 Å². The lowest BCUT2D eigenvalue weighted by Crippen LogP contribution is -2.24. The largest absolute Gasteiger partial charge is 0.399 e. The zero-order valence-electron chi connectivity index (χ0n) is 8.79. The summed E-state index contributed by atoms with van der Waals surface area (Å²) in [4.78, 5) is 0. The van der Waals surface area contributed by atoms with Gasteiger partial charge in [-0.2, -0.15) is 0 Å². The van der Waals surface area contributed by atoms with Crippen LogP contribution >= 0.6 is 0 Å². The second kappa shape index (κ2) is 3.28. The first-order valence-electron chi connectivity index (χ1n) is 5.08. The molecule has 0 radical (unpaired) electrons. The van der Waals surface area contributed by atoms with Gasteiger partial charge in [0, 0.05) is 18.2 Å². The zero-order valence-corrected chi connectivity index (χ0v) is 8.79. The lowest BCUT2D eigenvalue weighted by atomic mass is 9.91. The summed E-state index contributed by atoms with van der Waals surface area (Å²) >= 11 is 0. The maximum Gasteiger partial charge on any atom is 0.0639 e. The molecule has 1 saturated carbocycles. The number of rotatable bonds is 3. The molecule has 1 aromatic rings. The van der Waals surface area contributed by atoms with Gasteiger partial charge in [0.05, 0.1) is 6.10 Å². The molecular formula is C12H17NO. The molecule has 0 heterocycles. The van der Waals surface area contributed by atoms with Crippen LogP contribution in [0.25, 0.3) is 0 Å². The van der Waals surface area contributed by atoms with Gasteiger partial charge in [-0.05, 0) is 37.5 Å². The molecule has 0 amide bonds. The van der Waals surface area contributed by atoms with Gasteiger partial charge in [-0.3, -0.25) is 0 Å². The maximum atomic E-state index is 5.67. The van der Waals surface area contributed by atoms with E-state index in [1.165, 1.54) is 18.4 Å². The van der Waals surface area contributed by atoms with E-state index in [1.807, 2.05) is 12.1 Å².